The summed E-state index contributed by atoms with van der Waals surface area (Å²) in [5.41, 5.74) is 1.23. The molecule has 0 aliphatic rings. The molecule has 0 saturated carbocycles. The first-order chi connectivity index (χ1) is 7.40. The lowest BCUT2D eigenvalue weighted by atomic mass is 9.99. The van der Waals surface area contributed by atoms with Crippen LogP contribution in [0, 0.1) is 0 Å². The Balaban J connectivity index is 2.80. The lowest BCUT2D eigenvalue weighted by molar-refractivity contribution is -0.136. The molecule has 0 atom stereocenters. The zero-order valence-corrected chi connectivity index (χ0v) is 10.7. The molecule has 4 nitrogen and oxygen atoms in total. The van der Waals surface area contributed by atoms with E-state index in [-0.39, 0.29) is 5.78 Å². The zero-order valence-electron chi connectivity index (χ0n) is 10.7. The van der Waals surface area contributed by atoms with Crippen LogP contribution in [-0.2, 0) is 29.4 Å². The summed E-state index contributed by atoms with van der Waals surface area (Å²) in [6, 6.07) is 1.98. The fourth-order valence-corrected chi connectivity index (χ4v) is 1.40. The first-order valence-electron chi connectivity index (χ1n) is 5.51. The Morgan fingerprint density at radius 2 is 2.19 bits per heavy atom. The number of aryl methyl sites for hydroxylation is 2. The average molecular weight is 224 g/mol. The van der Waals surface area contributed by atoms with Crippen molar-refractivity contribution in [2.24, 2.45) is 7.05 Å². The maximum Gasteiger partial charge on any atom is 0.169 e. The fraction of sp³-hybridized carbons (Fsp3) is 0.667. The molecular weight excluding hydrogens is 204 g/mol. The minimum Gasteiger partial charge on any atom is -0.371 e. The van der Waals surface area contributed by atoms with E-state index in [1.54, 1.807) is 25.6 Å². The molecule has 0 unspecified atom stereocenters. The minimum absolute atomic E-state index is 0.0700. The van der Waals surface area contributed by atoms with Gasteiger partial charge in [-0.3, -0.25) is 9.48 Å². The molecule has 90 valence electrons. The van der Waals surface area contributed by atoms with Gasteiger partial charge in [-0.05, 0) is 26.3 Å². The summed E-state index contributed by atoms with van der Waals surface area (Å²) in [6.45, 7) is 5.62. The molecule has 0 bridgehead atoms. The molecule has 1 rings (SSSR count). The van der Waals surface area contributed by atoms with Crippen LogP contribution < -0.4 is 0 Å². The highest BCUT2D eigenvalue weighted by Gasteiger charge is 2.27. The number of hydrogen-bond acceptors (Lipinski definition) is 3. The van der Waals surface area contributed by atoms with E-state index in [9.17, 15) is 4.79 Å². The fourth-order valence-electron chi connectivity index (χ4n) is 1.40. The van der Waals surface area contributed by atoms with Gasteiger partial charge < -0.3 is 4.74 Å². The zero-order chi connectivity index (χ0) is 12.3. The molecule has 1 aromatic heterocycles. The highest BCUT2D eigenvalue weighted by Crippen LogP contribution is 2.14. The van der Waals surface area contributed by atoms with Gasteiger partial charge in [0.05, 0.1) is 12.1 Å². The van der Waals surface area contributed by atoms with E-state index in [0.29, 0.717) is 6.42 Å². The van der Waals surface area contributed by atoms with Gasteiger partial charge in [0, 0.05) is 19.9 Å². The molecule has 0 saturated heterocycles. The maximum atomic E-state index is 11.9. The van der Waals surface area contributed by atoms with Gasteiger partial charge in [-0.15, -0.1) is 0 Å². The van der Waals surface area contributed by atoms with E-state index in [2.05, 4.69) is 5.10 Å². The molecular formula is C12H20N2O2. The number of carbonyl (C=O) groups excluding carboxylic acids is 1. The van der Waals surface area contributed by atoms with Crippen molar-refractivity contribution >= 4 is 5.78 Å². The highest BCUT2D eigenvalue weighted by molar-refractivity contribution is 5.88. The Labute approximate surface area is 96.6 Å². The summed E-state index contributed by atoms with van der Waals surface area (Å²) in [4.78, 5) is 11.9. The number of rotatable bonds is 5. The monoisotopic (exact) mass is 224 g/mol. The van der Waals surface area contributed by atoms with Crippen molar-refractivity contribution in [3.63, 3.8) is 0 Å². The molecule has 4 heteroatoms. The van der Waals surface area contributed by atoms with E-state index in [0.717, 1.165) is 17.8 Å². The highest BCUT2D eigenvalue weighted by atomic mass is 16.5. The summed E-state index contributed by atoms with van der Waals surface area (Å²) in [5.74, 6) is 0.0700. The molecule has 0 amide bonds. The summed E-state index contributed by atoms with van der Waals surface area (Å²) in [6.07, 6.45) is 1.25. The number of Topliss-reactive ketones (excluding diaryl/α,β-unsaturated/α-hetero) is 1. The predicted molar refractivity (Wildman–Crippen MR) is 62.4 cm³/mol. The van der Waals surface area contributed by atoms with Gasteiger partial charge in [-0.25, -0.2) is 0 Å². The van der Waals surface area contributed by atoms with Gasteiger partial charge in [-0.2, -0.15) is 5.10 Å². The number of ketones is 1. The Morgan fingerprint density at radius 1 is 1.56 bits per heavy atom. The van der Waals surface area contributed by atoms with Crippen molar-refractivity contribution < 1.29 is 9.53 Å². The molecule has 0 radical (unpaired) electrons. The average Bonchev–Trinajstić information content (AvgIpc) is 2.59. The lowest BCUT2D eigenvalue weighted by Crippen LogP contribution is -2.35. The number of hydrogen-bond donors (Lipinski definition) is 0. The number of aromatic nitrogens is 2. The van der Waals surface area contributed by atoms with Crippen LogP contribution in [0.25, 0.3) is 0 Å². The van der Waals surface area contributed by atoms with Gasteiger partial charge in [-0.1, -0.05) is 6.92 Å². The standard InChI is InChI=1S/C12H20N2O2/c1-6-9-7-10(14(4)13-9)8-11(15)12(2,3)16-5/h7H,6,8H2,1-5H3. The Bertz CT molecular complexity index is 380. The summed E-state index contributed by atoms with van der Waals surface area (Å²) >= 11 is 0. The van der Waals surface area contributed by atoms with Crippen molar-refractivity contribution in [1.29, 1.82) is 0 Å². The Kier molecular flexibility index (Phi) is 3.86. The summed E-state index contributed by atoms with van der Waals surface area (Å²) < 4.78 is 6.93. The molecule has 1 heterocycles. The third kappa shape index (κ3) is 2.70. The van der Waals surface area contributed by atoms with Crippen LogP contribution in [0.3, 0.4) is 0 Å². The van der Waals surface area contributed by atoms with Crippen molar-refractivity contribution in [3.8, 4) is 0 Å². The third-order valence-electron chi connectivity index (χ3n) is 2.91. The summed E-state index contributed by atoms with van der Waals surface area (Å²) in [7, 11) is 3.42. The van der Waals surface area contributed by atoms with Gasteiger partial charge >= 0.3 is 0 Å². The molecule has 16 heavy (non-hydrogen) atoms. The Hall–Kier alpha value is -1.16. The molecule has 1 aromatic rings. The van der Waals surface area contributed by atoms with E-state index in [1.807, 2.05) is 20.0 Å². The summed E-state index contributed by atoms with van der Waals surface area (Å²) in [5, 5.41) is 4.31. The smallest absolute Gasteiger partial charge is 0.169 e. The maximum absolute atomic E-state index is 11.9. The molecule has 0 aromatic carbocycles. The number of nitrogens with zero attached hydrogens (tertiary/aromatic N) is 2. The SMILES string of the molecule is CCc1cc(CC(=O)C(C)(C)OC)n(C)n1. The van der Waals surface area contributed by atoms with Crippen LogP contribution in [0.4, 0.5) is 0 Å². The van der Waals surface area contributed by atoms with Crippen LogP contribution in [0.15, 0.2) is 6.07 Å². The molecule has 0 aliphatic heterocycles. The van der Waals surface area contributed by atoms with Gasteiger partial charge in [0.1, 0.15) is 5.60 Å². The van der Waals surface area contributed by atoms with E-state index in [1.165, 1.54) is 0 Å². The van der Waals surface area contributed by atoms with E-state index >= 15 is 0 Å². The van der Waals surface area contributed by atoms with E-state index < -0.39 is 5.60 Å². The van der Waals surface area contributed by atoms with Crippen LogP contribution in [-0.4, -0.2) is 28.3 Å². The normalized spacial score (nSPS) is 11.8. The number of methoxy groups -OCH3 is 1. The van der Waals surface area contributed by atoms with Crippen LogP contribution in [0.5, 0.6) is 0 Å². The molecule has 0 N–H and O–H groups in total. The van der Waals surface area contributed by atoms with Crippen molar-refractivity contribution in [2.45, 2.75) is 39.2 Å². The van der Waals surface area contributed by atoms with Crippen LogP contribution in [0.1, 0.15) is 32.2 Å². The van der Waals surface area contributed by atoms with Crippen LogP contribution >= 0.6 is 0 Å². The second kappa shape index (κ2) is 4.78. The second-order valence-corrected chi connectivity index (χ2v) is 4.42. The van der Waals surface area contributed by atoms with Crippen molar-refractivity contribution in [2.75, 3.05) is 7.11 Å². The lowest BCUT2D eigenvalue weighted by Gasteiger charge is -2.20. The quantitative estimate of drug-likeness (QED) is 0.761. The largest absolute Gasteiger partial charge is 0.371 e. The number of ether oxygens (including phenoxy) is 1. The first kappa shape index (κ1) is 12.9. The van der Waals surface area contributed by atoms with Gasteiger partial charge in [0.15, 0.2) is 5.78 Å². The predicted octanol–water partition coefficient (Wildman–Crippen LogP) is 1.52. The van der Waals surface area contributed by atoms with Crippen LogP contribution in [0.2, 0.25) is 0 Å². The van der Waals surface area contributed by atoms with Gasteiger partial charge in [0.2, 0.25) is 0 Å². The van der Waals surface area contributed by atoms with Crippen molar-refractivity contribution in [3.05, 3.63) is 17.5 Å². The van der Waals surface area contributed by atoms with Gasteiger partial charge in [0.25, 0.3) is 0 Å². The van der Waals surface area contributed by atoms with Crippen molar-refractivity contribution in [1.82, 2.24) is 9.78 Å². The molecule has 0 aliphatic carbocycles. The number of carbonyl (C=O) groups is 1. The molecule has 0 fully saturated rings. The topological polar surface area (TPSA) is 44.1 Å². The minimum atomic E-state index is -0.726. The third-order valence-corrected chi connectivity index (χ3v) is 2.91. The van der Waals surface area contributed by atoms with E-state index in [4.69, 9.17) is 4.74 Å². The molecule has 0 spiro atoms. The first-order valence-corrected chi connectivity index (χ1v) is 5.51. The Morgan fingerprint density at radius 3 is 2.62 bits per heavy atom. The second-order valence-electron chi connectivity index (χ2n) is 4.42.